The third kappa shape index (κ3) is 2.05. The van der Waals surface area contributed by atoms with Gasteiger partial charge >= 0.3 is 5.97 Å². The predicted molar refractivity (Wildman–Crippen MR) is 76.6 cm³/mol. The molecule has 3 aromatic heterocycles. The Balaban J connectivity index is 2.26. The largest absolute Gasteiger partial charge is 0.462 e. The highest BCUT2D eigenvalue weighted by atomic mass is 16.5. The maximum atomic E-state index is 12.1. The second kappa shape index (κ2) is 5.17. The first kappa shape index (κ1) is 12.4. The number of ether oxygens (including phenoxy) is 1. The van der Waals surface area contributed by atoms with Gasteiger partial charge in [0.1, 0.15) is 0 Å². The van der Waals surface area contributed by atoms with E-state index in [-0.39, 0.29) is 5.97 Å². The highest BCUT2D eigenvalue weighted by Gasteiger charge is 2.19. The molecule has 20 heavy (non-hydrogen) atoms. The third-order valence-corrected chi connectivity index (χ3v) is 3.10. The first-order valence-corrected chi connectivity index (χ1v) is 6.49. The van der Waals surface area contributed by atoms with E-state index in [9.17, 15) is 4.79 Å². The lowest BCUT2D eigenvalue weighted by atomic mass is 10.1. The van der Waals surface area contributed by atoms with Crippen molar-refractivity contribution >= 4 is 11.5 Å². The number of carbonyl (C=O) groups excluding carboxylic acids is 1. The van der Waals surface area contributed by atoms with Gasteiger partial charge in [0, 0.05) is 24.2 Å². The first-order valence-electron chi connectivity index (χ1n) is 6.49. The van der Waals surface area contributed by atoms with Gasteiger partial charge in [0.15, 0.2) is 0 Å². The molecule has 0 saturated heterocycles. The number of rotatable bonds is 3. The fourth-order valence-electron chi connectivity index (χ4n) is 2.27. The predicted octanol–water partition coefficient (Wildman–Crippen LogP) is 3.18. The second-order valence-electron chi connectivity index (χ2n) is 4.35. The summed E-state index contributed by atoms with van der Waals surface area (Å²) in [6.07, 6.45) is 5.42. The summed E-state index contributed by atoms with van der Waals surface area (Å²) < 4.78 is 7.05. The number of esters is 1. The molecule has 3 heterocycles. The van der Waals surface area contributed by atoms with Gasteiger partial charge in [-0.1, -0.05) is 12.1 Å². The Morgan fingerprint density at radius 1 is 1.25 bits per heavy atom. The highest BCUT2D eigenvalue weighted by Crippen LogP contribution is 2.29. The van der Waals surface area contributed by atoms with Gasteiger partial charge in [-0.3, -0.25) is 4.98 Å². The van der Waals surface area contributed by atoms with Crippen LogP contribution in [0.3, 0.4) is 0 Å². The molecule has 0 N–H and O–H groups in total. The molecule has 0 spiro atoms. The summed E-state index contributed by atoms with van der Waals surface area (Å²) >= 11 is 0. The van der Waals surface area contributed by atoms with Crippen molar-refractivity contribution in [1.82, 2.24) is 9.38 Å². The lowest BCUT2D eigenvalue weighted by molar-refractivity contribution is 0.0527. The molecule has 0 saturated carbocycles. The summed E-state index contributed by atoms with van der Waals surface area (Å²) in [5.74, 6) is -0.322. The summed E-state index contributed by atoms with van der Waals surface area (Å²) in [4.78, 5) is 16.5. The van der Waals surface area contributed by atoms with Crippen LogP contribution in [0.1, 0.15) is 17.3 Å². The molecule has 0 fully saturated rings. The van der Waals surface area contributed by atoms with Crippen LogP contribution in [0.25, 0.3) is 16.8 Å². The number of fused-ring (bicyclic) bond motifs is 1. The first-order chi connectivity index (χ1) is 9.81. The number of aromatic nitrogens is 2. The quantitative estimate of drug-likeness (QED) is 0.684. The molecule has 100 valence electrons. The number of hydrogen-bond acceptors (Lipinski definition) is 3. The van der Waals surface area contributed by atoms with Gasteiger partial charge in [0.25, 0.3) is 0 Å². The van der Waals surface area contributed by atoms with E-state index in [1.54, 1.807) is 19.3 Å². The Morgan fingerprint density at radius 3 is 2.85 bits per heavy atom. The second-order valence-corrected chi connectivity index (χ2v) is 4.35. The molecule has 0 aromatic carbocycles. The molecule has 4 heteroatoms. The third-order valence-electron chi connectivity index (χ3n) is 3.10. The molecule has 0 aliphatic carbocycles. The van der Waals surface area contributed by atoms with Crippen LogP contribution in [0.5, 0.6) is 0 Å². The Morgan fingerprint density at radius 2 is 2.10 bits per heavy atom. The van der Waals surface area contributed by atoms with Crippen molar-refractivity contribution in [3.8, 4) is 11.3 Å². The van der Waals surface area contributed by atoms with Crippen LogP contribution in [-0.4, -0.2) is 22.0 Å². The van der Waals surface area contributed by atoms with Crippen molar-refractivity contribution < 1.29 is 9.53 Å². The van der Waals surface area contributed by atoms with E-state index < -0.39 is 0 Å². The van der Waals surface area contributed by atoms with E-state index in [0.717, 1.165) is 16.8 Å². The molecular formula is C16H14N2O2. The monoisotopic (exact) mass is 266 g/mol. The van der Waals surface area contributed by atoms with Crippen molar-refractivity contribution in [2.75, 3.05) is 6.61 Å². The Hall–Kier alpha value is -2.62. The van der Waals surface area contributed by atoms with Crippen LogP contribution in [0.2, 0.25) is 0 Å². The fourth-order valence-corrected chi connectivity index (χ4v) is 2.27. The molecule has 0 bridgehead atoms. The van der Waals surface area contributed by atoms with Crippen molar-refractivity contribution in [3.63, 3.8) is 0 Å². The smallest absolute Gasteiger partial charge is 0.340 e. The van der Waals surface area contributed by atoms with Crippen LogP contribution in [0.15, 0.2) is 55.0 Å². The lowest BCUT2D eigenvalue weighted by Crippen LogP contribution is -2.05. The van der Waals surface area contributed by atoms with E-state index in [2.05, 4.69) is 4.98 Å². The van der Waals surface area contributed by atoms with Crippen molar-refractivity contribution in [2.24, 2.45) is 0 Å². The molecule has 0 amide bonds. The molecule has 0 atom stereocenters. The van der Waals surface area contributed by atoms with Crippen LogP contribution >= 0.6 is 0 Å². The average Bonchev–Trinajstić information content (AvgIpc) is 2.88. The zero-order chi connectivity index (χ0) is 13.9. The van der Waals surface area contributed by atoms with Gasteiger partial charge in [0.2, 0.25) is 0 Å². The molecule has 4 nitrogen and oxygen atoms in total. The molecule has 3 aromatic rings. The molecule has 3 rings (SSSR count). The number of pyridine rings is 2. The molecule has 0 aliphatic rings. The van der Waals surface area contributed by atoms with Gasteiger partial charge < -0.3 is 9.14 Å². The van der Waals surface area contributed by atoms with Crippen LogP contribution in [-0.2, 0) is 4.74 Å². The molecular weight excluding hydrogens is 252 g/mol. The Labute approximate surface area is 116 Å². The number of carbonyl (C=O) groups is 1. The average molecular weight is 266 g/mol. The van der Waals surface area contributed by atoms with Gasteiger partial charge in [-0.25, -0.2) is 4.79 Å². The van der Waals surface area contributed by atoms with Gasteiger partial charge in [-0.05, 0) is 31.2 Å². The minimum Gasteiger partial charge on any atom is -0.462 e. The maximum absolute atomic E-state index is 12.1. The maximum Gasteiger partial charge on any atom is 0.340 e. The van der Waals surface area contributed by atoms with E-state index in [4.69, 9.17) is 4.74 Å². The lowest BCUT2D eigenvalue weighted by Gasteiger charge is -2.04. The summed E-state index contributed by atoms with van der Waals surface area (Å²) in [6.45, 7) is 2.15. The molecule has 0 aliphatic heterocycles. The summed E-state index contributed by atoms with van der Waals surface area (Å²) in [7, 11) is 0. The number of hydrogen-bond donors (Lipinski definition) is 0. The summed E-state index contributed by atoms with van der Waals surface area (Å²) in [6, 6.07) is 11.5. The summed E-state index contributed by atoms with van der Waals surface area (Å²) in [5.41, 5.74) is 3.06. The van der Waals surface area contributed by atoms with Crippen LogP contribution < -0.4 is 0 Å². The van der Waals surface area contributed by atoms with Gasteiger partial charge in [-0.2, -0.15) is 0 Å². The van der Waals surface area contributed by atoms with Crippen molar-refractivity contribution in [3.05, 3.63) is 60.6 Å². The Kier molecular flexibility index (Phi) is 3.21. The number of nitrogens with zero attached hydrogens (tertiary/aromatic N) is 2. The normalized spacial score (nSPS) is 10.7. The zero-order valence-electron chi connectivity index (χ0n) is 11.1. The van der Waals surface area contributed by atoms with Crippen LogP contribution in [0.4, 0.5) is 0 Å². The van der Waals surface area contributed by atoms with E-state index in [1.165, 1.54) is 0 Å². The van der Waals surface area contributed by atoms with Gasteiger partial charge in [-0.15, -0.1) is 0 Å². The van der Waals surface area contributed by atoms with Crippen molar-refractivity contribution in [2.45, 2.75) is 6.92 Å². The zero-order valence-corrected chi connectivity index (χ0v) is 11.1. The van der Waals surface area contributed by atoms with Crippen LogP contribution in [0, 0.1) is 0 Å². The summed E-state index contributed by atoms with van der Waals surface area (Å²) in [5, 5.41) is 0. The topological polar surface area (TPSA) is 43.6 Å². The standard InChI is InChI=1S/C16H14N2O2/c1-2-20-16(19)12-11-18-10-6-4-8-14(18)15(12)13-7-3-5-9-17-13/h3-11H,2H2,1H3. The van der Waals surface area contributed by atoms with E-state index >= 15 is 0 Å². The van der Waals surface area contributed by atoms with Crippen molar-refractivity contribution in [1.29, 1.82) is 0 Å². The minimum absolute atomic E-state index is 0.322. The minimum atomic E-state index is -0.322. The van der Waals surface area contributed by atoms with Gasteiger partial charge in [0.05, 0.1) is 23.4 Å². The van der Waals surface area contributed by atoms with E-state index in [1.807, 2.05) is 47.0 Å². The molecule has 0 radical (unpaired) electrons. The molecule has 0 unspecified atom stereocenters. The highest BCUT2D eigenvalue weighted by molar-refractivity contribution is 6.02. The Bertz CT molecular complexity index is 748. The SMILES string of the molecule is CCOC(=O)c1cn2ccccc2c1-c1ccccn1. The van der Waals surface area contributed by atoms with E-state index in [0.29, 0.717) is 12.2 Å². The fraction of sp³-hybridized carbons (Fsp3) is 0.125.